The number of hydrogen-bond acceptors (Lipinski definition) is 6. The standard InChI is InChI=1S/C34H35N3O5S/c1-4-5-11-32-35-30-21-16-26(23-31(30)37(32)36-43(39,40)29-19-12-24(2)13-20-29)22-25-14-17-28(18-15-25)42-33(34(38)41-3)27-9-7-6-8-10-27/h6-10,12-21,23,33,36H,4-5,11,22H2,1-3H3. The van der Waals surface area contributed by atoms with Crippen LogP contribution in [0, 0.1) is 6.92 Å². The third-order valence-electron chi connectivity index (χ3n) is 7.19. The number of carbonyl (C=O) groups is 1. The zero-order chi connectivity index (χ0) is 30.4. The van der Waals surface area contributed by atoms with E-state index in [9.17, 15) is 13.2 Å². The number of hydrogen-bond donors (Lipinski definition) is 1. The van der Waals surface area contributed by atoms with Gasteiger partial charge in [0.1, 0.15) is 11.6 Å². The predicted octanol–water partition coefficient (Wildman–Crippen LogP) is 6.50. The topological polar surface area (TPSA) is 99.5 Å². The number of methoxy groups -OCH3 is 1. The smallest absolute Gasteiger partial charge is 0.351 e. The summed E-state index contributed by atoms with van der Waals surface area (Å²) in [5, 5.41) is 0. The summed E-state index contributed by atoms with van der Waals surface area (Å²) in [5.41, 5.74) is 5.14. The molecule has 0 bridgehead atoms. The number of nitrogens with zero attached hydrogens (tertiary/aromatic N) is 2. The summed E-state index contributed by atoms with van der Waals surface area (Å²) in [6.45, 7) is 4.01. The maximum Gasteiger partial charge on any atom is 0.351 e. The van der Waals surface area contributed by atoms with E-state index >= 15 is 0 Å². The summed E-state index contributed by atoms with van der Waals surface area (Å²) < 4.78 is 39.2. The van der Waals surface area contributed by atoms with Gasteiger partial charge in [-0.05, 0) is 67.3 Å². The van der Waals surface area contributed by atoms with Crippen LogP contribution in [0.25, 0.3) is 11.0 Å². The Labute approximate surface area is 252 Å². The molecule has 0 aliphatic carbocycles. The van der Waals surface area contributed by atoms with Crippen molar-refractivity contribution < 1.29 is 22.7 Å². The molecule has 0 fully saturated rings. The van der Waals surface area contributed by atoms with Gasteiger partial charge >= 0.3 is 5.97 Å². The fraction of sp³-hybridized carbons (Fsp3) is 0.235. The molecule has 0 aliphatic rings. The van der Waals surface area contributed by atoms with Crippen molar-refractivity contribution in [2.45, 2.75) is 50.5 Å². The molecule has 0 saturated carbocycles. The number of aromatic nitrogens is 2. The summed E-state index contributed by atoms with van der Waals surface area (Å²) in [6.07, 6.45) is 2.23. The highest BCUT2D eigenvalue weighted by molar-refractivity contribution is 7.92. The third kappa shape index (κ3) is 7.06. The molecule has 8 nitrogen and oxygen atoms in total. The van der Waals surface area contributed by atoms with E-state index in [2.05, 4.69) is 11.8 Å². The zero-order valence-corrected chi connectivity index (χ0v) is 25.3. The van der Waals surface area contributed by atoms with E-state index in [1.807, 2.05) is 79.7 Å². The molecular formula is C34H35N3O5S. The van der Waals surface area contributed by atoms with Crippen LogP contribution in [-0.2, 0) is 32.4 Å². The van der Waals surface area contributed by atoms with Crippen molar-refractivity contribution >= 4 is 27.0 Å². The summed E-state index contributed by atoms with van der Waals surface area (Å²) >= 11 is 0. The third-order valence-corrected chi connectivity index (χ3v) is 8.50. The lowest BCUT2D eigenvalue weighted by atomic mass is 10.0. The molecule has 4 aromatic carbocycles. The average molecular weight is 598 g/mol. The van der Waals surface area contributed by atoms with Crippen molar-refractivity contribution in [2.24, 2.45) is 0 Å². The fourth-order valence-electron chi connectivity index (χ4n) is 4.82. The highest BCUT2D eigenvalue weighted by Crippen LogP contribution is 2.26. The van der Waals surface area contributed by atoms with E-state index in [1.165, 1.54) is 7.11 Å². The van der Waals surface area contributed by atoms with Gasteiger partial charge < -0.3 is 9.47 Å². The van der Waals surface area contributed by atoms with Gasteiger partial charge in [-0.15, -0.1) is 0 Å². The lowest BCUT2D eigenvalue weighted by molar-refractivity contribution is -0.149. The van der Waals surface area contributed by atoms with Gasteiger partial charge in [-0.25, -0.2) is 19.3 Å². The molecule has 43 heavy (non-hydrogen) atoms. The number of aryl methyl sites for hydroxylation is 2. The second-order valence-electron chi connectivity index (χ2n) is 10.5. The van der Waals surface area contributed by atoms with Crippen LogP contribution in [0.2, 0.25) is 0 Å². The van der Waals surface area contributed by atoms with Crippen LogP contribution < -0.4 is 9.57 Å². The van der Waals surface area contributed by atoms with Gasteiger partial charge in [0, 0.05) is 12.0 Å². The largest absolute Gasteiger partial charge is 0.474 e. The van der Waals surface area contributed by atoms with Crippen LogP contribution in [0.1, 0.15) is 53.9 Å². The monoisotopic (exact) mass is 597 g/mol. The molecular weight excluding hydrogens is 562 g/mol. The van der Waals surface area contributed by atoms with Crippen molar-refractivity contribution in [3.63, 3.8) is 0 Å². The zero-order valence-electron chi connectivity index (χ0n) is 24.5. The van der Waals surface area contributed by atoms with E-state index in [4.69, 9.17) is 14.5 Å². The number of benzene rings is 4. The van der Waals surface area contributed by atoms with Gasteiger partial charge in [0.15, 0.2) is 0 Å². The van der Waals surface area contributed by atoms with E-state index in [-0.39, 0.29) is 4.90 Å². The molecule has 0 radical (unpaired) electrons. The Hall–Kier alpha value is -4.63. The highest BCUT2D eigenvalue weighted by Gasteiger charge is 2.23. The highest BCUT2D eigenvalue weighted by atomic mass is 32.2. The lowest BCUT2D eigenvalue weighted by Crippen LogP contribution is -2.25. The van der Waals surface area contributed by atoms with Gasteiger partial charge in [-0.2, -0.15) is 8.42 Å². The number of esters is 1. The first-order valence-electron chi connectivity index (χ1n) is 14.3. The molecule has 0 amide bonds. The molecule has 1 heterocycles. The average Bonchev–Trinajstić information content (AvgIpc) is 3.35. The summed E-state index contributed by atoms with van der Waals surface area (Å²) in [5.74, 6) is 0.740. The van der Waals surface area contributed by atoms with E-state index in [1.54, 1.807) is 28.9 Å². The van der Waals surface area contributed by atoms with E-state index in [0.717, 1.165) is 35.0 Å². The second-order valence-corrected chi connectivity index (χ2v) is 12.1. The van der Waals surface area contributed by atoms with Gasteiger partial charge in [-0.3, -0.25) is 0 Å². The van der Waals surface area contributed by atoms with Gasteiger partial charge in [0.25, 0.3) is 10.0 Å². The maximum atomic E-state index is 13.3. The molecule has 0 spiro atoms. The number of unbranched alkanes of at least 4 members (excludes halogenated alkanes) is 1. The van der Waals surface area contributed by atoms with Crippen molar-refractivity contribution in [3.05, 3.63) is 125 Å². The minimum absolute atomic E-state index is 0.196. The van der Waals surface area contributed by atoms with Crippen LogP contribution in [0.3, 0.4) is 0 Å². The number of ether oxygens (including phenoxy) is 2. The lowest BCUT2D eigenvalue weighted by Gasteiger charge is -2.17. The Balaban J connectivity index is 1.39. The summed E-state index contributed by atoms with van der Waals surface area (Å²) in [7, 11) is -2.49. The number of fused-ring (bicyclic) bond motifs is 1. The Morgan fingerprint density at radius 3 is 2.30 bits per heavy atom. The molecule has 0 aliphatic heterocycles. The Morgan fingerprint density at radius 2 is 1.63 bits per heavy atom. The number of nitrogens with one attached hydrogen (secondary N) is 1. The molecule has 1 aromatic heterocycles. The summed E-state index contributed by atoms with van der Waals surface area (Å²) in [6, 6.07) is 29.5. The molecule has 1 N–H and O–H groups in total. The number of imidazole rings is 1. The van der Waals surface area contributed by atoms with Crippen molar-refractivity contribution in [2.75, 3.05) is 11.9 Å². The first-order valence-corrected chi connectivity index (χ1v) is 15.7. The fourth-order valence-corrected chi connectivity index (χ4v) is 5.86. The van der Waals surface area contributed by atoms with Crippen LogP contribution >= 0.6 is 0 Å². The second kappa shape index (κ2) is 13.1. The maximum absolute atomic E-state index is 13.3. The minimum atomic E-state index is -3.83. The Bertz CT molecular complexity index is 1800. The predicted molar refractivity (Wildman–Crippen MR) is 167 cm³/mol. The van der Waals surface area contributed by atoms with E-state index < -0.39 is 22.1 Å². The van der Waals surface area contributed by atoms with Crippen LogP contribution in [0.5, 0.6) is 5.75 Å². The quantitative estimate of drug-likeness (QED) is 0.165. The van der Waals surface area contributed by atoms with Crippen molar-refractivity contribution in [1.29, 1.82) is 0 Å². The normalized spacial score (nSPS) is 12.2. The van der Waals surface area contributed by atoms with E-state index in [0.29, 0.717) is 35.5 Å². The van der Waals surface area contributed by atoms with Crippen LogP contribution in [0.15, 0.2) is 102 Å². The Kier molecular flexibility index (Phi) is 9.11. The van der Waals surface area contributed by atoms with Crippen molar-refractivity contribution in [3.8, 4) is 5.75 Å². The van der Waals surface area contributed by atoms with Crippen molar-refractivity contribution in [1.82, 2.24) is 9.66 Å². The molecule has 5 aromatic rings. The number of sulfonamides is 1. The van der Waals surface area contributed by atoms with Crippen LogP contribution in [0.4, 0.5) is 0 Å². The number of carbonyl (C=O) groups excluding carboxylic acids is 1. The molecule has 222 valence electrons. The van der Waals surface area contributed by atoms with Gasteiger partial charge in [0.2, 0.25) is 6.10 Å². The Morgan fingerprint density at radius 1 is 0.930 bits per heavy atom. The van der Waals surface area contributed by atoms with Gasteiger partial charge in [0.05, 0.1) is 23.0 Å². The van der Waals surface area contributed by atoms with Gasteiger partial charge in [-0.1, -0.05) is 79.6 Å². The summed E-state index contributed by atoms with van der Waals surface area (Å²) in [4.78, 5) is 20.1. The van der Waals surface area contributed by atoms with Crippen LogP contribution in [-0.4, -0.2) is 31.2 Å². The molecule has 9 heteroatoms. The SMILES string of the molecule is CCCCc1nc2ccc(Cc3ccc(OC(C(=O)OC)c4ccccc4)cc3)cc2n1NS(=O)(=O)c1ccc(C)cc1. The molecule has 1 atom stereocenters. The number of rotatable bonds is 12. The molecule has 5 rings (SSSR count). The molecule has 0 saturated heterocycles. The minimum Gasteiger partial charge on any atom is -0.474 e. The molecule has 1 unspecified atom stereocenters. The first-order chi connectivity index (χ1) is 20.8. The first kappa shape index (κ1) is 29.8.